The zero-order chi connectivity index (χ0) is 22.4. The molecule has 0 bridgehead atoms. The molecule has 10 heteroatoms. The zero-order valence-corrected chi connectivity index (χ0v) is 18.7. The third-order valence-electron chi connectivity index (χ3n) is 4.43. The van der Waals surface area contributed by atoms with Gasteiger partial charge in [-0.2, -0.15) is 0 Å². The smallest absolute Gasteiger partial charge is 0.184 e. The second-order valence-electron chi connectivity index (χ2n) is 6.23. The monoisotopic (exact) mass is 439 g/mol. The molecule has 3 rings (SSSR count). The number of ether oxygens (including phenoxy) is 2. The molecule has 162 valence electrons. The van der Waals surface area contributed by atoms with Gasteiger partial charge in [-0.15, -0.1) is 0 Å². The average molecular weight is 440 g/mol. The van der Waals surface area contributed by atoms with Crippen LogP contribution in [0, 0.1) is 0 Å². The Morgan fingerprint density at radius 2 is 2.13 bits per heavy atom. The number of imidazole rings is 1. The fourth-order valence-electron chi connectivity index (χ4n) is 3.02. The van der Waals surface area contributed by atoms with Crippen LogP contribution < -0.4 is 25.2 Å². The van der Waals surface area contributed by atoms with Gasteiger partial charge in [0.1, 0.15) is 0 Å². The third kappa shape index (κ3) is 4.43. The molecule has 0 amide bonds. The van der Waals surface area contributed by atoms with Crippen LogP contribution in [-0.4, -0.2) is 48.9 Å². The summed E-state index contributed by atoms with van der Waals surface area (Å²) in [4.78, 5) is 13.8. The highest BCUT2D eigenvalue weighted by Crippen LogP contribution is 2.41. The molecule has 0 atom stereocenters. The fourth-order valence-corrected chi connectivity index (χ4v) is 3.62. The number of aliphatic imine (C=N–C) groups is 1. The molecule has 0 saturated heterocycles. The van der Waals surface area contributed by atoms with Gasteiger partial charge in [-0.1, -0.05) is 6.58 Å². The predicted molar refractivity (Wildman–Crippen MR) is 129 cm³/mol. The lowest BCUT2D eigenvalue weighted by atomic mass is 10.1. The second-order valence-corrected chi connectivity index (χ2v) is 7.10. The van der Waals surface area contributed by atoms with Crippen molar-refractivity contribution in [3.05, 3.63) is 47.9 Å². The van der Waals surface area contributed by atoms with Crippen LogP contribution in [0.5, 0.6) is 11.5 Å². The first-order valence-electron chi connectivity index (χ1n) is 9.31. The molecule has 0 aliphatic heterocycles. The number of nitrogens with two attached hydrogens (primary N) is 1. The van der Waals surface area contributed by atoms with Crippen LogP contribution in [0.1, 0.15) is 5.69 Å². The van der Waals surface area contributed by atoms with Crippen LogP contribution in [0.3, 0.4) is 0 Å². The van der Waals surface area contributed by atoms with Crippen molar-refractivity contribution in [3.63, 3.8) is 0 Å². The maximum atomic E-state index is 5.67. The minimum Gasteiger partial charge on any atom is -0.493 e. The lowest BCUT2D eigenvalue weighted by molar-refractivity contribution is 0.356. The van der Waals surface area contributed by atoms with E-state index in [-0.39, 0.29) is 0 Å². The van der Waals surface area contributed by atoms with Crippen LogP contribution in [0.15, 0.2) is 47.2 Å². The quantitative estimate of drug-likeness (QED) is 0.342. The molecule has 3 aromatic rings. The van der Waals surface area contributed by atoms with Crippen molar-refractivity contribution >= 4 is 41.4 Å². The highest BCUT2D eigenvalue weighted by molar-refractivity contribution is 8.05. The SMILES string of the molecule is C=Cc1cn2c(-c3cc(NS/C(C=NC)=C/N)c(OC)c(OC)c3)cnc2c(NC)n1. The summed E-state index contributed by atoms with van der Waals surface area (Å²) in [6.07, 6.45) is 8.51. The van der Waals surface area contributed by atoms with Crippen molar-refractivity contribution in [1.29, 1.82) is 0 Å². The highest BCUT2D eigenvalue weighted by Gasteiger charge is 2.17. The Morgan fingerprint density at radius 1 is 1.32 bits per heavy atom. The van der Waals surface area contributed by atoms with E-state index in [0.29, 0.717) is 28.7 Å². The van der Waals surface area contributed by atoms with E-state index in [1.54, 1.807) is 46.8 Å². The van der Waals surface area contributed by atoms with Crippen molar-refractivity contribution in [1.82, 2.24) is 14.4 Å². The highest BCUT2D eigenvalue weighted by atomic mass is 32.2. The Kier molecular flexibility index (Phi) is 7.03. The van der Waals surface area contributed by atoms with E-state index in [2.05, 4.69) is 31.6 Å². The van der Waals surface area contributed by atoms with Gasteiger partial charge in [-0.25, -0.2) is 9.97 Å². The summed E-state index contributed by atoms with van der Waals surface area (Å²) >= 11 is 1.32. The predicted octanol–water partition coefficient (Wildman–Crippen LogP) is 3.66. The van der Waals surface area contributed by atoms with Gasteiger partial charge in [0.25, 0.3) is 0 Å². The van der Waals surface area contributed by atoms with Gasteiger partial charge in [0.15, 0.2) is 23.0 Å². The molecule has 31 heavy (non-hydrogen) atoms. The Hall–Kier alpha value is -3.66. The molecule has 1 aromatic carbocycles. The molecule has 0 aliphatic rings. The minimum absolute atomic E-state index is 0.571. The van der Waals surface area contributed by atoms with Crippen LogP contribution in [0.2, 0.25) is 0 Å². The van der Waals surface area contributed by atoms with Crippen molar-refractivity contribution < 1.29 is 9.47 Å². The molecule has 0 aliphatic carbocycles. The standard InChI is InChI=1S/C21H25N7O2S/c1-6-14-12-28-17(11-25-21(28)20(24-3)26-14)13-7-16(19(30-5)18(8-13)29-4)27-31-15(9-22)10-23-2/h6-12,27H,1,22H2,2-5H3,(H,24,26)/b15-9+,23-10?. The van der Waals surface area contributed by atoms with Gasteiger partial charge in [0.05, 0.1) is 42.4 Å². The number of nitrogens with one attached hydrogen (secondary N) is 2. The van der Waals surface area contributed by atoms with Crippen LogP contribution in [0.4, 0.5) is 11.5 Å². The van der Waals surface area contributed by atoms with E-state index in [9.17, 15) is 0 Å². The number of anilines is 2. The van der Waals surface area contributed by atoms with Crippen molar-refractivity contribution in [2.24, 2.45) is 10.7 Å². The number of benzene rings is 1. The zero-order valence-electron chi connectivity index (χ0n) is 17.8. The molecule has 2 aromatic heterocycles. The number of hydrogen-bond acceptors (Lipinski definition) is 9. The average Bonchev–Trinajstić information content (AvgIpc) is 3.24. The maximum absolute atomic E-state index is 5.67. The Balaban J connectivity index is 2.14. The number of fused-ring (bicyclic) bond motifs is 1. The van der Waals surface area contributed by atoms with Gasteiger partial charge in [-0.05, 0) is 30.2 Å². The molecule has 0 spiro atoms. The number of allylic oxidation sites excluding steroid dienone is 1. The summed E-state index contributed by atoms with van der Waals surface area (Å²) in [7, 11) is 6.68. The number of nitrogens with zero attached hydrogens (tertiary/aromatic N) is 4. The van der Waals surface area contributed by atoms with E-state index >= 15 is 0 Å². The van der Waals surface area contributed by atoms with Gasteiger partial charge in [-0.3, -0.25) is 9.39 Å². The lowest BCUT2D eigenvalue weighted by Gasteiger charge is -2.16. The normalized spacial score (nSPS) is 11.7. The topological polar surface area (TPSA) is 111 Å². The van der Waals surface area contributed by atoms with Crippen LogP contribution in [-0.2, 0) is 0 Å². The minimum atomic E-state index is 0.571. The van der Waals surface area contributed by atoms with Gasteiger partial charge >= 0.3 is 0 Å². The van der Waals surface area contributed by atoms with Crippen molar-refractivity contribution in [2.75, 3.05) is 38.4 Å². The van der Waals surface area contributed by atoms with E-state index in [1.165, 1.54) is 18.1 Å². The molecule has 0 fully saturated rings. The summed E-state index contributed by atoms with van der Waals surface area (Å²) in [5, 5.41) is 3.08. The summed E-state index contributed by atoms with van der Waals surface area (Å²) < 4.78 is 16.4. The van der Waals surface area contributed by atoms with Crippen LogP contribution in [0.25, 0.3) is 23.0 Å². The Labute approximate surface area is 185 Å². The summed E-state index contributed by atoms with van der Waals surface area (Å²) in [5.74, 6) is 1.81. The summed E-state index contributed by atoms with van der Waals surface area (Å²) in [6.45, 7) is 3.83. The molecule has 9 nitrogen and oxygen atoms in total. The largest absolute Gasteiger partial charge is 0.493 e. The fraction of sp³-hybridized carbons (Fsp3) is 0.190. The molecule has 0 radical (unpaired) electrons. The molecular formula is C21H25N7O2S. The van der Waals surface area contributed by atoms with E-state index in [0.717, 1.165) is 21.9 Å². The first kappa shape index (κ1) is 22.0. The second kappa shape index (κ2) is 9.90. The number of hydrogen-bond donors (Lipinski definition) is 3. The van der Waals surface area contributed by atoms with Gasteiger partial charge in [0.2, 0.25) is 0 Å². The molecule has 2 heterocycles. The van der Waals surface area contributed by atoms with Crippen LogP contribution >= 0.6 is 11.9 Å². The van der Waals surface area contributed by atoms with Crippen molar-refractivity contribution in [2.45, 2.75) is 0 Å². The van der Waals surface area contributed by atoms with Crippen molar-refractivity contribution in [3.8, 4) is 22.8 Å². The summed E-state index contributed by atoms with van der Waals surface area (Å²) in [5.41, 5.74) is 9.55. The third-order valence-corrected chi connectivity index (χ3v) is 5.23. The van der Waals surface area contributed by atoms with E-state index in [4.69, 9.17) is 15.2 Å². The lowest BCUT2D eigenvalue weighted by Crippen LogP contribution is -2.01. The van der Waals surface area contributed by atoms with Gasteiger partial charge in [0, 0.05) is 38.3 Å². The Bertz CT molecular complexity index is 1150. The summed E-state index contributed by atoms with van der Waals surface area (Å²) in [6, 6.07) is 3.86. The first-order valence-corrected chi connectivity index (χ1v) is 10.1. The number of methoxy groups -OCH3 is 2. The molecule has 0 saturated carbocycles. The van der Waals surface area contributed by atoms with E-state index < -0.39 is 0 Å². The number of rotatable bonds is 9. The first-order chi connectivity index (χ1) is 15.1. The van der Waals surface area contributed by atoms with E-state index in [1.807, 2.05) is 22.7 Å². The maximum Gasteiger partial charge on any atom is 0.184 e. The Morgan fingerprint density at radius 3 is 2.74 bits per heavy atom. The molecule has 4 N–H and O–H groups in total. The number of aromatic nitrogens is 3. The van der Waals surface area contributed by atoms with Gasteiger partial charge < -0.3 is 25.2 Å². The molecular weight excluding hydrogens is 414 g/mol. The molecule has 0 unspecified atom stereocenters.